The molecule has 0 bridgehead atoms. The molecule has 1 aliphatic rings. The molecule has 5 heteroatoms. The fraction of sp³-hybridized carbons (Fsp3) is 0.562. The van der Waals surface area contributed by atoms with E-state index >= 15 is 0 Å². The topological polar surface area (TPSA) is 55.8 Å². The molecule has 1 N–H and O–H groups in total. The van der Waals surface area contributed by atoms with Crippen LogP contribution >= 0.6 is 11.8 Å². The first-order chi connectivity index (χ1) is 10.1. The summed E-state index contributed by atoms with van der Waals surface area (Å²) in [6.07, 6.45) is 2.94. The van der Waals surface area contributed by atoms with E-state index in [1.165, 1.54) is 12.2 Å². The van der Waals surface area contributed by atoms with Gasteiger partial charge in [0.1, 0.15) is 6.10 Å². The summed E-state index contributed by atoms with van der Waals surface area (Å²) in [5, 5.41) is 9.02. The number of carbonyl (C=O) groups is 1. The zero-order valence-electron chi connectivity index (χ0n) is 12.5. The lowest BCUT2D eigenvalue weighted by Crippen LogP contribution is -2.23. The monoisotopic (exact) mass is 310 g/mol. The van der Waals surface area contributed by atoms with Gasteiger partial charge in [-0.05, 0) is 42.7 Å². The standard InChI is InChI=1S/C16H22O4S/c1-11(16(17)18)8-12-5-6-14(19-2)15(9-12)20-13-4-3-7-21-10-13/h5-6,9,11,13H,3-4,7-8,10H2,1-2H3,(H,17,18). The van der Waals surface area contributed by atoms with E-state index in [1.807, 2.05) is 30.0 Å². The number of thioether (sulfide) groups is 1. The van der Waals surface area contributed by atoms with Crippen molar-refractivity contribution in [1.82, 2.24) is 0 Å². The number of methoxy groups -OCH3 is 1. The van der Waals surface area contributed by atoms with Gasteiger partial charge in [0.25, 0.3) is 0 Å². The quantitative estimate of drug-likeness (QED) is 0.874. The van der Waals surface area contributed by atoms with Crippen LogP contribution < -0.4 is 9.47 Å². The number of carboxylic acid groups (broad SMARTS) is 1. The van der Waals surface area contributed by atoms with Gasteiger partial charge in [-0.1, -0.05) is 13.0 Å². The van der Waals surface area contributed by atoms with Crippen LogP contribution in [0.2, 0.25) is 0 Å². The lowest BCUT2D eigenvalue weighted by Gasteiger charge is -2.24. The van der Waals surface area contributed by atoms with Crippen molar-refractivity contribution >= 4 is 17.7 Å². The Morgan fingerprint density at radius 3 is 2.90 bits per heavy atom. The summed E-state index contributed by atoms with van der Waals surface area (Å²) in [5.74, 6) is 2.44. The molecule has 2 atom stereocenters. The van der Waals surface area contributed by atoms with Gasteiger partial charge >= 0.3 is 5.97 Å². The Balaban J connectivity index is 2.11. The summed E-state index contributed by atoms with van der Waals surface area (Å²) in [6, 6.07) is 5.67. The van der Waals surface area contributed by atoms with Crippen molar-refractivity contribution in [3.8, 4) is 11.5 Å². The van der Waals surface area contributed by atoms with E-state index in [0.29, 0.717) is 12.2 Å². The first-order valence-electron chi connectivity index (χ1n) is 7.24. The molecule has 0 spiro atoms. The smallest absolute Gasteiger partial charge is 0.306 e. The van der Waals surface area contributed by atoms with E-state index in [2.05, 4.69) is 0 Å². The molecular formula is C16H22O4S. The van der Waals surface area contributed by atoms with Gasteiger partial charge in [0.2, 0.25) is 0 Å². The maximum atomic E-state index is 11.0. The second-order valence-electron chi connectivity index (χ2n) is 5.39. The van der Waals surface area contributed by atoms with Crippen LogP contribution in [0.4, 0.5) is 0 Å². The number of rotatable bonds is 6. The molecule has 0 aromatic heterocycles. The first-order valence-corrected chi connectivity index (χ1v) is 8.39. The van der Waals surface area contributed by atoms with Gasteiger partial charge in [-0.3, -0.25) is 4.79 Å². The maximum Gasteiger partial charge on any atom is 0.306 e. The third kappa shape index (κ3) is 4.56. The van der Waals surface area contributed by atoms with E-state index in [4.69, 9.17) is 14.6 Å². The number of ether oxygens (including phenoxy) is 2. The summed E-state index contributed by atoms with van der Waals surface area (Å²) in [4.78, 5) is 11.0. The third-order valence-corrected chi connectivity index (χ3v) is 4.79. The van der Waals surface area contributed by atoms with Crippen molar-refractivity contribution in [2.75, 3.05) is 18.6 Å². The summed E-state index contributed by atoms with van der Waals surface area (Å²) in [7, 11) is 1.62. The predicted octanol–water partition coefficient (Wildman–Crippen LogP) is 3.23. The van der Waals surface area contributed by atoms with Gasteiger partial charge < -0.3 is 14.6 Å². The summed E-state index contributed by atoms with van der Waals surface area (Å²) >= 11 is 1.91. The van der Waals surface area contributed by atoms with Crippen LogP contribution in [0.1, 0.15) is 25.3 Å². The minimum atomic E-state index is -0.781. The van der Waals surface area contributed by atoms with Gasteiger partial charge in [-0.2, -0.15) is 11.8 Å². The number of aliphatic carboxylic acids is 1. The Kier molecular flexibility index (Phi) is 5.79. The molecule has 0 saturated carbocycles. The second kappa shape index (κ2) is 7.59. The van der Waals surface area contributed by atoms with Gasteiger partial charge in [-0.15, -0.1) is 0 Å². The van der Waals surface area contributed by atoms with Crippen LogP contribution in [0.5, 0.6) is 11.5 Å². The van der Waals surface area contributed by atoms with Crippen LogP contribution in [0.3, 0.4) is 0 Å². The van der Waals surface area contributed by atoms with Crippen molar-refractivity contribution in [3.63, 3.8) is 0 Å². The van der Waals surface area contributed by atoms with Crippen LogP contribution in [-0.2, 0) is 11.2 Å². The van der Waals surface area contributed by atoms with Crippen LogP contribution in [-0.4, -0.2) is 35.8 Å². The zero-order valence-corrected chi connectivity index (χ0v) is 13.3. The van der Waals surface area contributed by atoms with Gasteiger partial charge in [0.15, 0.2) is 11.5 Å². The number of hydrogen-bond donors (Lipinski definition) is 1. The van der Waals surface area contributed by atoms with Gasteiger partial charge in [0, 0.05) is 5.75 Å². The Morgan fingerprint density at radius 1 is 1.48 bits per heavy atom. The highest BCUT2D eigenvalue weighted by atomic mass is 32.2. The Bertz CT molecular complexity index is 483. The predicted molar refractivity (Wildman–Crippen MR) is 84.5 cm³/mol. The molecule has 1 saturated heterocycles. The highest BCUT2D eigenvalue weighted by Crippen LogP contribution is 2.32. The molecule has 0 aliphatic carbocycles. The molecular weight excluding hydrogens is 288 g/mol. The molecule has 0 amide bonds. The zero-order chi connectivity index (χ0) is 15.2. The summed E-state index contributed by atoms with van der Waals surface area (Å²) in [6.45, 7) is 1.71. The van der Waals surface area contributed by atoms with Crippen molar-refractivity contribution in [1.29, 1.82) is 0 Å². The van der Waals surface area contributed by atoms with Crippen molar-refractivity contribution in [3.05, 3.63) is 23.8 Å². The molecule has 1 heterocycles. The molecule has 1 aromatic rings. The van der Waals surface area contributed by atoms with Crippen LogP contribution in [0, 0.1) is 5.92 Å². The fourth-order valence-electron chi connectivity index (χ4n) is 2.36. The Hall–Kier alpha value is -1.36. The Labute approximate surface area is 129 Å². The molecule has 2 rings (SSSR count). The van der Waals surface area contributed by atoms with E-state index in [9.17, 15) is 4.79 Å². The first kappa shape index (κ1) is 16.0. The largest absolute Gasteiger partial charge is 0.493 e. The highest BCUT2D eigenvalue weighted by Gasteiger charge is 2.18. The average Bonchev–Trinajstić information content (AvgIpc) is 2.48. The lowest BCUT2D eigenvalue weighted by atomic mass is 10.0. The molecule has 21 heavy (non-hydrogen) atoms. The molecule has 0 radical (unpaired) electrons. The van der Waals surface area contributed by atoms with E-state index < -0.39 is 11.9 Å². The molecule has 1 fully saturated rings. The maximum absolute atomic E-state index is 11.0. The molecule has 4 nitrogen and oxygen atoms in total. The fourth-order valence-corrected chi connectivity index (χ4v) is 3.40. The van der Waals surface area contributed by atoms with Crippen molar-refractivity contribution in [2.24, 2.45) is 5.92 Å². The SMILES string of the molecule is COc1ccc(CC(C)C(=O)O)cc1OC1CCCSC1. The summed E-state index contributed by atoms with van der Waals surface area (Å²) in [5.41, 5.74) is 0.962. The van der Waals surface area contributed by atoms with E-state index in [1.54, 1.807) is 14.0 Å². The van der Waals surface area contributed by atoms with Crippen LogP contribution in [0.25, 0.3) is 0 Å². The number of hydrogen-bond acceptors (Lipinski definition) is 4. The third-order valence-electron chi connectivity index (χ3n) is 3.60. The lowest BCUT2D eigenvalue weighted by molar-refractivity contribution is -0.141. The minimum Gasteiger partial charge on any atom is -0.493 e. The van der Waals surface area contributed by atoms with E-state index in [0.717, 1.165) is 23.5 Å². The second-order valence-corrected chi connectivity index (χ2v) is 6.54. The Morgan fingerprint density at radius 2 is 2.29 bits per heavy atom. The normalized spacial score (nSPS) is 19.8. The van der Waals surface area contributed by atoms with Crippen LogP contribution in [0.15, 0.2) is 18.2 Å². The van der Waals surface area contributed by atoms with Gasteiger partial charge in [-0.25, -0.2) is 0 Å². The number of carboxylic acids is 1. The van der Waals surface area contributed by atoms with Gasteiger partial charge in [0.05, 0.1) is 13.0 Å². The summed E-state index contributed by atoms with van der Waals surface area (Å²) < 4.78 is 11.4. The number of benzene rings is 1. The van der Waals surface area contributed by atoms with Crippen molar-refractivity contribution in [2.45, 2.75) is 32.3 Å². The average molecular weight is 310 g/mol. The molecule has 116 valence electrons. The van der Waals surface area contributed by atoms with Crippen molar-refractivity contribution < 1.29 is 19.4 Å². The van der Waals surface area contributed by atoms with E-state index in [-0.39, 0.29) is 6.10 Å². The molecule has 1 aromatic carbocycles. The molecule has 1 aliphatic heterocycles. The minimum absolute atomic E-state index is 0.213. The highest BCUT2D eigenvalue weighted by molar-refractivity contribution is 7.99. The molecule has 2 unspecified atom stereocenters.